The maximum Gasteiger partial charge on any atom is 0.185 e. The maximum absolute atomic E-state index is 12.9. The van der Waals surface area contributed by atoms with Gasteiger partial charge >= 0.3 is 0 Å². The first-order valence-electron chi connectivity index (χ1n) is 10.2. The number of carbonyl (C=O) groups excluding carboxylic acids is 1. The number of allylic oxidation sites excluding steroid dienone is 6. The molecule has 154 valence electrons. The molecule has 3 nitrogen and oxygen atoms in total. The fraction of sp³-hybridized carbons (Fsp3) is 0.222. The monoisotopic (exact) mass is 400 g/mol. The summed E-state index contributed by atoms with van der Waals surface area (Å²) in [5.41, 5.74) is 3.67. The van der Waals surface area contributed by atoms with Crippen molar-refractivity contribution in [3.8, 4) is 11.5 Å². The summed E-state index contributed by atoms with van der Waals surface area (Å²) in [6.07, 6.45) is 13.3. The Morgan fingerprint density at radius 1 is 0.767 bits per heavy atom. The third-order valence-electron chi connectivity index (χ3n) is 5.14. The average Bonchev–Trinajstić information content (AvgIpc) is 2.77. The summed E-state index contributed by atoms with van der Waals surface area (Å²) in [4.78, 5) is 12.9. The smallest absolute Gasteiger partial charge is 0.185 e. The number of rotatable bonds is 6. The van der Waals surface area contributed by atoms with E-state index in [1.54, 1.807) is 14.2 Å². The molecule has 1 fully saturated rings. The van der Waals surface area contributed by atoms with Gasteiger partial charge in [0.25, 0.3) is 0 Å². The summed E-state index contributed by atoms with van der Waals surface area (Å²) < 4.78 is 10.8. The summed E-state index contributed by atoms with van der Waals surface area (Å²) in [6.45, 7) is 2.18. The van der Waals surface area contributed by atoms with Gasteiger partial charge < -0.3 is 9.47 Å². The Kier molecular flexibility index (Phi) is 7.45. The Hall–Kier alpha value is -3.33. The number of methoxy groups -OCH3 is 2. The Labute approximate surface area is 179 Å². The molecule has 0 saturated heterocycles. The van der Waals surface area contributed by atoms with Crippen molar-refractivity contribution in [2.24, 2.45) is 5.92 Å². The van der Waals surface area contributed by atoms with E-state index in [0.29, 0.717) is 5.92 Å². The maximum atomic E-state index is 12.9. The fourth-order valence-corrected chi connectivity index (χ4v) is 3.65. The van der Waals surface area contributed by atoms with E-state index in [4.69, 9.17) is 9.47 Å². The number of hydrogen-bond donors (Lipinski definition) is 0. The normalized spacial score (nSPS) is 19.8. The van der Waals surface area contributed by atoms with E-state index in [-0.39, 0.29) is 5.78 Å². The average molecular weight is 401 g/mol. The van der Waals surface area contributed by atoms with Gasteiger partial charge in [0.05, 0.1) is 14.2 Å². The molecule has 3 rings (SSSR count). The van der Waals surface area contributed by atoms with Crippen LogP contribution in [0.15, 0.2) is 84.0 Å². The number of Topliss-reactive ketones (excluding diaryl/α,β-unsaturated/α-hetero) is 1. The van der Waals surface area contributed by atoms with Gasteiger partial charge in [-0.1, -0.05) is 79.8 Å². The molecule has 2 aromatic carbocycles. The number of carbonyl (C=O) groups is 1. The van der Waals surface area contributed by atoms with Crippen molar-refractivity contribution in [2.45, 2.75) is 19.8 Å². The van der Waals surface area contributed by atoms with Crippen LogP contribution in [0.4, 0.5) is 0 Å². The lowest BCUT2D eigenvalue weighted by Crippen LogP contribution is -2.18. The van der Waals surface area contributed by atoms with Gasteiger partial charge in [-0.05, 0) is 30.9 Å². The highest BCUT2D eigenvalue weighted by atomic mass is 16.5. The molecule has 30 heavy (non-hydrogen) atoms. The van der Waals surface area contributed by atoms with Crippen molar-refractivity contribution in [1.82, 2.24) is 0 Å². The van der Waals surface area contributed by atoms with Crippen LogP contribution in [0.25, 0.3) is 12.2 Å². The van der Waals surface area contributed by atoms with Crippen molar-refractivity contribution in [3.63, 3.8) is 0 Å². The van der Waals surface area contributed by atoms with Gasteiger partial charge in [-0.15, -0.1) is 0 Å². The van der Waals surface area contributed by atoms with E-state index in [1.807, 2.05) is 85.0 Å². The molecule has 1 aliphatic carbocycles. The molecule has 0 unspecified atom stereocenters. The van der Waals surface area contributed by atoms with Gasteiger partial charge in [-0.25, -0.2) is 0 Å². The van der Waals surface area contributed by atoms with Crippen LogP contribution in [0.5, 0.6) is 11.5 Å². The topological polar surface area (TPSA) is 35.5 Å². The molecule has 0 atom stereocenters. The first-order valence-corrected chi connectivity index (χ1v) is 10.2. The SMILES string of the molecule is COc1ccccc1C=CC=C1CC(C)CC(=CC=Cc2ccccc2OC)C1=O. The first-order chi connectivity index (χ1) is 14.6. The van der Waals surface area contributed by atoms with E-state index in [1.165, 1.54) is 0 Å². The van der Waals surface area contributed by atoms with Crippen LogP contribution in [0.1, 0.15) is 30.9 Å². The lowest BCUT2D eigenvalue weighted by Gasteiger charge is -2.22. The Morgan fingerprint density at radius 3 is 1.63 bits per heavy atom. The van der Waals surface area contributed by atoms with E-state index in [2.05, 4.69) is 6.92 Å². The molecular formula is C27H28O3. The molecule has 0 heterocycles. The highest BCUT2D eigenvalue weighted by molar-refractivity contribution is 6.09. The van der Waals surface area contributed by atoms with E-state index in [0.717, 1.165) is 46.6 Å². The minimum atomic E-state index is 0.127. The number of ketones is 1. The second-order valence-electron chi connectivity index (χ2n) is 7.43. The molecule has 0 N–H and O–H groups in total. The molecule has 1 aliphatic rings. The standard InChI is InChI=1S/C27H28O3/c1-20-18-23(14-8-12-21-10-4-6-16-25(21)29-2)27(28)24(19-20)15-9-13-22-11-5-7-17-26(22)30-3/h4-17,20H,18-19H2,1-3H3. The molecule has 1 saturated carbocycles. The largest absolute Gasteiger partial charge is 0.496 e. The zero-order valence-corrected chi connectivity index (χ0v) is 17.8. The Bertz CT molecular complexity index is 929. The molecule has 2 aromatic rings. The summed E-state index contributed by atoms with van der Waals surface area (Å²) in [7, 11) is 3.32. The highest BCUT2D eigenvalue weighted by Gasteiger charge is 2.24. The number of ether oxygens (including phenoxy) is 2. The third kappa shape index (κ3) is 5.38. The fourth-order valence-electron chi connectivity index (χ4n) is 3.65. The Morgan fingerprint density at radius 2 is 1.20 bits per heavy atom. The van der Waals surface area contributed by atoms with Crippen LogP contribution in [0, 0.1) is 5.92 Å². The first kappa shape index (κ1) is 21.4. The van der Waals surface area contributed by atoms with Gasteiger partial charge in [-0.2, -0.15) is 0 Å². The second kappa shape index (κ2) is 10.4. The summed E-state index contributed by atoms with van der Waals surface area (Å²) in [6, 6.07) is 15.7. The van der Waals surface area contributed by atoms with Crippen LogP contribution >= 0.6 is 0 Å². The molecule has 0 aliphatic heterocycles. The van der Waals surface area contributed by atoms with Crippen LogP contribution in [0.3, 0.4) is 0 Å². The van der Waals surface area contributed by atoms with E-state index < -0.39 is 0 Å². The van der Waals surface area contributed by atoms with Crippen LogP contribution < -0.4 is 9.47 Å². The molecule has 3 heteroatoms. The molecule has 0 radical (unpaired) electrons. The van der Waals surface area contributed by atoms with Crippen molar-refractivity contribution < 1.29 is 14.3 Å². The van der Waals surface area contributed by atoms with Crippen molar-refractivity contribution in [3.05, 3.63) is 95.1 Å². The highest BCUT2D eigenvalue weighted by Crippen LogP contribution is 2.30. The van der Waals surface area contributed by atoms with E-state index >= 15 is 0 Å². The summed E-state index contributed by atoms with van der Waals surface area (Å²) in [5, 5.41) is 0. The quantitative estimate of drug-likeness (QED) is 0.535. The third-order valence-corrected chi connectivity index (χ3v) is 5.14. The van der Waals surface area contributed by atoms with Gasteiger partial charge in [0.15, 0.2) is 5.78 Å². The lowest BCUT2D eigenvalue weighted by atomic mass is 9.81. The zero-order valence-electron chi connectivity index (χ0n) is 17.8. The predicted octanol–water partition coefficient (Wildman–Crippen LogP) is 6.28. The lowest BCUT2D eigenvalue weighted by molar-refractivity contribution is -0.113. The Balaban J connectivity index is 1.77. The summed E-state index contributed by atoms with van der Waals surface area (Å²) >= 11 is 0. The molecule has 0 spiro atoms. The summed E-state index contributed by atoms with van der Waals surface area (Å²) in [5.74, 6) is 2.19. The molecule has 0 amide bonds. The molecule has 0 aromatic heterocycles. The number of para-hydroxylation sites is 2. The van der Waals surface area contributed by atoms with Gasteiger partial charge in [0.2, 0.25) is 0 Å². The minimum absolute atomic E-state index is 0.127. The van der Waals surface area contributed by atoms with Gasteiger partial charge in [0.1, 0.15) is 11.5 Å². The van der Waals surface area contributed by atoms with Crippen molar-refractivity contribution >= 4 is 17.9 Å². The van der Waals surface area contributed by atoms with E-state index in [9.17, 15) is 4.79 Å². The molecule has 0 bridgehead atoms. The molecular weight excluding hydrogens is 372 g/mol. The number of hydrogen-bond acceptors (Lipinski definition) is 3. The van der Waals surface area contributed by atoms with Gasteiger partial charge in [0, 0.05) is 22.3 Å². The van der Waals surface area contributed by atoms with Crippen molar-refractivity contribution in [1.29, 1.82) is 0 Å². The van der Waals surface area contributed by atoms with Gasteiger partial charge in [-0.3, -0.25) is 4.79 Å². The van der Waals surface area contributed by atoms with Crippen LogP contribution in [0.2, 0.25) is 0 Å². The van der Waals surface area contributed by atoms with Crippen molar-refractivity contribution in [2.75, 3.05) is 14.2 Å². The van der Waals surface area contributed by atoms with Crippen LogP contribution in [-0.4, -0.2) is 20.0 Å². The second-order valence-corrected chi connectivity index (χ2v) is 7.43. The number of benzene rings is 2. The predicted molar refractivity (Wildman–Crippen MR) is 124 cm³/mol. The van der Waals surface area contributed by atoms with Crippen LogP contribution in [-0.2, 0) is 4.79 Å². The zero-order chi connectivity index (χ0) is 21.3. The minimum Gasteiger partial charge on any atom is -0.496 e.